The summed E-state index contributed by atoms with van der Waals surface area (Å²) < 4.78 is 17.3. The Labute approximate surface area is 113 Å². The van der Waals surface area contributed by atoms with Gasteiger partial charge in [0.05, 0.1) is 25.4 Å². The van der Waals surface area contributed by atoms with Crippen LogP contribution in [0.1, 0.15) is 32.3 Å². The van der Waals surface area contributed by atoms with Gasteiger partial charge in [-0.3, -0.25) is 0 Å². The molecule has 1 aromatic carbocycles. The van der Waals surface area contributed by atoms with Crippen LogP contribution < -0.4 is 4.74 Å². The predicted molar refractivity (Wildman–Crippen MR) is 71.1 cm³/mol. The SMILES string of the molecule is CCCOc1ccc(Cl)cc1C1(CC)OCCO1. The van der Waals surface area contributed by atoms with Gasteiger partial charge in [-0.1, -0.05) is 25.4 Å². The molecular weight excluding hydrogens is 252 g/mol. The highest BCUT2D eigenvalue weighted by Gasteiger charge is 2.39. The van der Waals surface area contributed by atoms with Gasteiger partial charge in [-0.2, -0.15) is 0 Å². The Morgan fingerprint density at radius 3 is 2.61 bits per heavy atom. The van der Waals surface area contributed by atoms with Crippen LogP contribution in [-0.2, 0) is 15.3 Å². The maximum atomic E-state index is 6.08. The number of hydrogen-bond donors (Lipinski definition) is 0. The molecule has 1 saturated heterocycles. The van der Waals surface area contributed by atoms with E-state index in [1.165, 1.54) is 0 Å². The zero-order valence-corrected chi connectivity index (χ0v) is 11.6. The van der Waals surface area contributed by atoms with Gasteiger partial charge in [-0.05, 0) is 24.6 Å². The Morgan fingerprint density at radius 2 is 2.00 bits per heavy atom. The van der Waals surface area contributed by atoms with Crippen molar-refractivity contribution in [2.24, 2.45) is 0 Å². The third-order valence-electron chi connectivity index (χ3n) is 3.03. The van der Waals surface area contributed by atoms with Crippen molar-refractivity contribution in [3.8, 4) is 5.75 Å². The van der Waals surface area contributed by atoms with Crippen LogP contribution in [0.5, 0.6) is 5.75 Å². The van der Waals surface area contributed by atoms with Gasteiger partial charge in [0.15, 0.2) is 5.79 Å². The van der Waals surface area contributed by atoms with Crippen molar-refractivity contribution in [3.05, 3.63) is 28.8 Å². The molecule has 1 heterocycles. The van der Waals surface area contributed by atoms with Crippen molar-refractivity contribution < 1.29 is 14.2 Å². The van der Waals surface area contributed by atoms with E-state index in [4.69, 9.17) is 25.8 Å². The lowest BCUT2D eigenvalue weighted by Gasteiger charge is -2.28. The van der Waals surface area contributed by atoms with Gasteiger partial charge < -0.3 is 14.2 Å². The van der Waals surface area contributed by atoms with Crippen LogP contribution >= 0.6 is 11.6 Å². The minimum absolute atomic E-state index is 0.605. The smallest absolute Gasteiger partial charge is 0.198 e. The first-order chi connectivity index (χ1) is 8.72. The Morgan fingerprint density at radius 1 is 1.28 bits per heavy atom. The van der Waals surface area contributed by atoms with E-state index in [1.807, 2.05) is 25.1 Å². The molecule has 1 fully saturated rings. The van der Waals surface area contributed by atoms with E-state index in [0.717, 1.165) is 24.2 Å². The van der Waals surface area contributed by atoms with E-state index in [2.05, 4.69) is 6.92 Å². The summed E-state index contributed by atoms with van der Waals surface area (Å²) in [6.45, 7) is 6.00. The van der Waals surface area contributed by atoms with E-state index in [-0.39, 0.29) is 0 Å². The van der Waals surface area contributed by atoms with Gasteiger partial charge in [0.2, 0.25) is 0 Å². The summed E-state index contributed by atoms with van der Waals surface area (Å²) in [6.07, 6.45) is 1.69. The van der Waals surface area contributed by atoms with Gasteiger partial charge in [-0.15, -0.1) is 0 Å². The minimum Gasteiger partial charge on any atom is -0.493 e. The third kappa shape index (κ3) is 2.63. The Balaban J connectivity index is 2.36. The largest absolute Gasteiger partial charge is 0.493 e. The topological polar surface area (TPSA) is 27.7 Å². The number of hydrogen-bond acceptors (Lipinski definition) is 3. The highest BCUT2D eigenvalue weighted by molar-refractivity contribution is 6.30. The number of ether oxygens (including phenoxy) is 3. The first kappa shape index (κ1) is 13.7. The summed E-state index contributed by atoms with van der Waals surface area (Å²) in [5.41, 5.74) is 0.892. The third-order valence-corrected chi connectivity index (χ3v) is 3.27. The fourth-order valence-electron chi connectivity index (χ4n) is 2.14. The van der Waals surface area contributed by atoms with Crippen molar-refractivity contribution in [1.82, 2.24) is 0 Å². The zero-order chi connectivity index (χ0) is 13.0. The molecule has 0 saturated carbocycles. The second-order valence-corrected chi connectivity index (χ2v) is 4.73. The van der Waals surface area contributed by atoms with Crippen LogP contribution in [0.25, 0.3) is 0 Å². The summed E-state index contributed by atoms with van der Waals surface area (Å²) >= 11 is 6.08. The van der Waals surface area contributed by atoms with E-state index in [9.17, 15) is 0 Å². The quantitative estimate of drug-likeness (QED) is 0.816. The zero-order valence-electron chi connectivity index (χ0n) is 10.9. The molecule has 0 atom stereocenters. The van der Waals surface area contributed by atoms with Crippen molar-refractivity contribution in [2.45, 2.75) is 32.5 Å². The lowest BCUT2D eigenvalue weighted by atomic mass is 10.0. The lowest BCUT2D eigenvalue weighted by Crippen LogP contribution is -2.27. The lowest BCUT2D eigenvalue weighted by molar-refractivity contribution is -0.168. The van der Waals surface area contributed by atoms with Crippen molar-refractivity contribution in [3.63, 3.8) is 0 Å². The fraction of sp³-hybridized carbons (Fsp3) is 0.571. The molecule has 2 rings (SSSR count). The monoisotopic (exact) mass is 270 g/mol. The van der Waals surface area contributed by atoms with E-state index < -0.39 is 5.79 Å². The second kappa shape index (κ2) is 5.91. The first-order valence-corrected chi connectivity index (χ1v) is 6.80. The molecule has 0 spiro atoms. The molecule has 4 heteroatoms. The van der Waals surface area contributed by atoms with Crippen molar-refractivity contribution in [2.75, 3.05) is 19.8 Å². The predicted octanol–water partition coefficient (Wildman–Crippen LogP) is 3.74. The molecule has 18 heavy (non-hydrogen) atoms. The number of rotatable bonds is 5. The molecule has 1 aliphatic heterocycles. The molecule has 0 unspecified atom stereocenters. The van der Waals surface area contributed by atoms with Crippen LogP contribution in [0.2, 0.25) is 5.02 Å². The Bertz CT molecular complexity index is 400. The van der Waals surface area contributed by atoms with E-state index in [1.54, 1.807) is 0 Å². The van der Waals surface area contributed by atoms with Gasteiger partial charge in [-0.25, -0.2) is 0 Å². The molecule has 0 aromatic heterocycles. The summed E-state index contributed by atoms with van der Waals surface area (Å²) in [4.78, 5) is 0. The molecule has 1 aliphatic rings. The number of benzene rings is 1. The normalized spacial score (nSPS) is 17.9. The van der Waals surface area contributed by atoms with Crippen LogP contribution in [0.3, 0.4) is 0 Å². The maximum Gasteiger partial charge on any atom is 0.198 e. The first-order valence-electron chi connectivity index (χ1n) is 6.42. The van der Waals surface area contributed by atoms with Gasteiger partial charge in [0.25, 0.3) is 0 Å². The molecule has 0 N–H and O–H groups in total. The van der Waals surface area contributed by atoms with Crippen molar-refractivity contribution in [1.29, 1.82) is 0 Å². The molecule has 0 amide bonds. The molecular formula is C14H19ClO3. The molecule has 0 aliphatic carbocycles. The van der Waals surface area contributed by atoms with Crippen LogP contribution in [0.4, 0.5) is 0 Å². The van der Waals surface area contributed by atoms with E-state index >= 15 is 0 Å². The van der Waals surface area contributed by atoms with Crippen LogP contribution in [0, 0.1) is 0 Å². The fourth-order valence-corrected chi connectivity index (χ4v) is 2.31. The summed E-state index contributed by atoms with van der Waals surface area (Å²) in [5.74, 6) is 0.0959. The van der Waals surface area contributed by atoms with Gasteiger partial charge >= 0.3 is 0 Å². The summed E-state index contributed by atoms with van der Waals surface area (Å²) in [7, 11) is 0. The average molecular weight is 271 g/mol. The van der Waals surface area contributed by atoms with Crippen molar-refractivity contribution >= 4 is 11.6 Å². The molecule has 1 aromatic rings. The van der Waals surface area contributed by atoms with E-state index in [0.29, 0.717) is 24.8 Å². The second-order valence-electron chi connectivity index (χ2n) is 4.29. The molecule has 100 valence electrons. The number of halogens is 1. The summed E-state index contributed by atoms with van der Waals surface area (Å²) in [6, 6.07) is 5.59. The summed E-state index contributed by atoms with van der Waals surface area (Å²) in [5, 5.41) is 0.667. The average Bonchev–Trinajstić information content (AvgIpc) is 2.87. The van der Waals surface area contributed by atoms with Crippen LogP contribution in [0.15, 0.2) is 18.2 Å². The maximum absolute atomic E-state index is 6.08. The highest BCUT2D eigenvalue weighted by Crippen LogP contribution is 2.41. The standard InChI is InChI=1S/C14H19ClO3/c1-3-7-16-13-6-5-11(15)10-12(13)14(4-2)17-8-9-18-14/h5-6,10H,3-4,7-9H2,1-2H3. The van der Waals surface area contributed by atoms with Gasteiger partial charge in [0.1, 0.15) is 5.75 Å². The minimum atomic E-state index is -0.700. The van der Waals surface area contributed by atoms with Gasteiger partial charge in [0, 0.05) is 11.4 Å². The molecule has 0 radical (unpaired) electrons. The van der Waals surface area contributed by atoms with Crippen LogP contribution in [-0.4, -0.2) is 19.8 Å². The molecule has 3 nitrogen and oxygen atoms in total. The molecule has 0 bridgehead atoms. The highest BCUT2D eigenvalue weighted by atomic mass is 35.5. The Hall–Kier alpha value is -0.770. The Kier molecular flexibility index (Phi) is 4.49.